The van der Waals surface area contributed by atoms with Crippen molar-refractivity contribution in [3.63, 3.8) is 0 Å². The Morgan fingerprint density at radius 2 is 1.60 bits per heavy atom. The van der Waals surface area contributed by atoms with Crippen LogP contribution >= 0.6 is 68.7 Å². The molecule has 1 aliphatic heterocycles. The van der Waals surface area contributed by atoms with E-state index in [4.69, 9.17) is 0 Å². The topological polar surface area (TPSA) is 0 Å². The van der Waals surface area contributed by atoms with Crippen molar-refractivity contribution in [2.75, 3.05) is 11.5 Å². The maximum absolute atomic E-state index is 2.40. The summed E-state index contributed by atoms with van der Waals surface area (Å²) >= 11 is 8.85. The van der Waals surface area contributed by atoms with Gasteiger partial charge in [-0.3, -0.25) is 0 Å². The molecule has 0 saturated carbocycles. The average molecular weight is 398 g/mol. The zero-order chi connectivity index (χ0) is 7.40. The van der Waals surface area contributed by atoms with E-state index in [9.17, 15) is 0 Å². The van der Waals surface area contributed by atoms with Crippen LogP contribution in [0.1, 0.15) is 12.8 Å². The molecule has 0 aliphatic carbocycles. The van der Waals surface area contributed by atoms with Crippen LogP contribution < -0.4 is 0 Å². The molecule has 1 aliphatic rings. The zero-order valence-corrected chi connectivity index (χ0v) is 11.3. The summed E-state index contributed by atoms with van der Waals surface area (Å²) in [4.78, 5) is 0. The molecule has 0 N–H and O–H groups in total. The quantitative estimate of drug-likeness (QED) is 0.560. The van der Waals surface area contributed by atoms with Crippen LogP contribution in [0.4, 0.5) is 0 Å². The first kappa shape index (κ1) is 9.98. The van der Waals surface area contributed by atoms with Crippen molar-refractivity contribution in [3.05, 3.63) is 5.82 Å². The Kier molecular flexibility index (Phi) is 5.52. The molecule has 0 aromatic heterocycles. The molecule has 0 aromatic rings. The molecule has 10 heavy (non-hydrogen) atoms. The summed E-state index contributed by atoms with van der Waals surface area (Å²) in [5, 5.41) is 0. The summed E-state index contributed by atoms with van der Waals surface area (Å²) in [6.45, 7) is 0. The van der Waals surface area contributed by atoms with Gasteiger partial charge in [0.15, 0.2) is 0 Å². The summed E-state index contributed by atoms with van der Waals surface area (Å²) in [6, 6.07) is 0. The van der Waals surface area contributed by atoms with Gasteiger partial charge >= 0.3 is 0 Å². The smallest absolute Gasteiger partial charge is 0.0714 e. The number of thioether (sulfide) groups is 2. The van der Waals surface area contributed by atoms with E-state index in [0.717, 1.165) is 0 Å². The maximum atomic E-state index is 2.40. The summed E-state index contributed by atoms with van der Waals surface area (Å²) in [7, 11) is 0. The summed E-state index contributed by atoms with van der Waals surface area (Å²) in [5.74, 6) is 2.63. The predicted octanol–water partition coefficient (Wildman–Crippen LogP) is 4.24. The lowest BCUT2D eigenvalue weighted by Gasteiger charge is -1.99. The van der Waals surface area contributed by atoms with Gasteiger partial charge in [0.2, 0.25) is 0 Å². The van der Waals surface area contributed by atoms with Crippen molar-refractivity contribution in [1.29, 1.82) is 0 Å². The molecule has 0 radical (unpaired) electrons. The van der Waals surface area contributed by atoms with Crippen LogP contribution in [0.2, 0.25) is 0 Å². The van der Waals surface area contributed by atoms with E-state index in [1.165, 1.54) is 25.9 Å². The van der Waals surface area contributed by atoms with Gasteiger partial charge < -0.3 is 0 Å². The lowest BCUT2D eigenvalue weighted by molar-refractivity contribution is 0.912. The minimum Gasteiger partial charge on any atom is -0.118 e. The van der Waals surface area contributed by atoms with Crippen LogP contribution in [0, 0.1) is 0 Å². The monoisotopic (exact) mass is 398 g/mol. The number of halogens is 2. The van der Waals surface area contributed by atoms with Gasteiger partial charge in [-0.1, -0.05) is 0 Å². The lowest BCUT2D eigenvalue weighted by Crippen LogP contribution is -1.74. The molecule has 1 heterocycles. The second-order valence-electron chi connectivity index (χ2n) is 1.95. The molecule has 1 saturated heterocycles. The highest BCUT2D eigenvalue weighted by Crippen LogP contribution is 2.40. The van der Waals surface area contributed by atoms with E-state index in [2.05, 4.69) is 45.2 Å². The van der Waals surface area contributed by atoms with E-state index in [1.54, 1.807) is 4.24 Å². The van der Waals surface area contributed by atoms with Crippen LogP contribution in [0.3, 0.4) is 0 Å². The Morgan fingerprint density at radius 1 is 1.10 bits per heavy atom. The molecular weight excluding hydrogens is 390 g/mol. The van der Waals surface area contributed by atoms with E-state index in [1.807, 2.05) is 23.5 Å². The van der Waals surface area contributed by atoms with Gasteiger partial charge in [0.1, 0.15) is 0 Å². The molecule has 1 rings (SSSR count). The molecule has 0 aromatic carbocycles. The van der Waals surface area contributed by atoms with E-state index in [0.29, 0.717) is 0 Å². The normalized spacial score (nSPS) is 20.4. The van der Waals surface area contributed by atoms with Crippen LogP contribution in [-0.4, -0.2) is 11.5 Å². The van der Waals surface area contributed by atoms with Crippen LogP contribution in [0.25, 0.3) is 0 Å². The fourth-order valence-electron chi connectivity index (χ4n) is 0.685. The molecule has 0 nitrogen and oxygen atoms in total. The molecule has 1 fully saturated rings. The van der Waals surface area contributed by atoms with E-state index < -0.39 is 0 Å². The largest absolute Gasteiger partial charge is 0.118 e. The van der Waals surface area contributed by atoms with Crippen LogP contribution in [-0.2, 0) is 0 Å². The third-order valence-corrected chi connectivity index (χ3v) is 6.33. The fourth-order valence-corrected chi connectivity index (χ4v) is 4.67. The molecule has 0 amide bonds. The number of hydrogen-bond donors (Lipinski definition) is 0. The molecule has 0 atom stereocenters. The fraction of sp³-hybridized carbons (Fsp3) is 0.667. The average Bonchev–Trinajstić information content (AvgIpc) is 2.12. The Morgan fingerprint density at radius 3 is 2.00 bits per heavy atom. The van der Waals surface area contributed by atoms with E-state index in [-0.39, 0.29) is 0 Å². The lowest BCUT2D eigenvalue weighted by atomic mass is 10.4. The highest BCUT2D eigenvalue weighted by Gasteiger charge is 2.07. The Balaban J connectivity index is 2.51. The Labute approximate surface area is 97.6 Å². The first-order valence-electron chi connectivity index (χ1n) is 3.11. The van der Waals surface area contributed by atoms with Crippen molar-refractivity contribution in [2.24, 2.45) is 0 Å². The van der Waals surface area contributed by atoms with Crippen molar-refractivity contribution in [3.8, 4) is 0 Å². The van der Waals surface area contributed by atoms with Gasteiger partial charge in [-0.25, -0.2) is 0 Å². The third kappa shape index (κ3) is 3.53. The molecule has 58 valence electrons. The van der Waals surface area contributed by atoms with Gasteiger partial charge in [0.05, 0.1) is 5.82 Å². The third-order valence-electron chi connectivity index (χ3n) is 1.16. The first-order valence-corrected chi connectivity index (χ1v) is 7.24. The van der Waals surface area contributed by atoms with Crippen molar-refractivity contribution in [1.82, 2.24) is 0 Å². The minimum absolute atomic E-state index is 1.32. The molecule has 0 unspecified atom stereocenters. The predicted molar refractivity (Wildman–Crippen MR) is 69.2 cm³/mol. The van der Waals surface area contributed by atoms with Crippen molar-refractivity contribution >= 4 is 68.7 Å². The summed E-state index contributed by atoms with van der Waals surface area (Å²) < 4.78 is 2.98. The van der Waals surface area contributed by atoms with Crippen LogP contribution in [0.15, 0.2) is 5.82 Å². The van der Waals surface area contributed by atoms with Gasteiger partial charge in [-0.05, 0) is 69.5 Å². The second-order valence-corrected chi connectivity index (χ2v) is 8.64. The van der Waals surface area contributed by atoms with Gasteiger partial charge in [0.25, 0.3) is 0 Å². The minimum atomic E-state index is 1.32. The van der Waals surface area contributed by atoms with Crippen LogP contribution in [0.5, 0.6) is 0 Å². The standard InChI is InChI=1S/C6H8I2S2/c7-5(8)6-9-3-1-2-4-10-6/h1-4H2. The zero-order valence-electron chi connectivity index (χ0n) is 5.40. The molecular formula is C6H8I2S2. The van der Waals surface area contributed by atoms with Crippen molar-refractivity contribution in [2.45, 2.75) is 12.8 Å². The van der Waals surface area contributed by atoms with Crippen molar-refractivity contribution < 1.29 is 0 Å². The maximum Gasteiger partial charge on any atom is 0.0714 e. The molecule has 4 heteroatoms. The molecule has 0 bridgehead atoms. The highest BCUT2D eigenvalue weighted by atomic mass is 127. The second kappa shape index (κ2) is 5.53. The van der Waals surface area contributed by atoms with E-state index >= 15 is 0 Å². The number of hydrogen-bond acceptors (Lipinski definition) is 2. The van der Waals surface area contributed by atoms with Gasteiger partial charge in [-0.15, -0.1) is 23.5 Å². The SMILES string of the molecule is IC(I)=C1SCCCCS1. The summed E-state index contributed by atoms with van der Waals surface area (Å²) in [6.07, 6.45) is 2.78. The summed E-state index contributed by atoms with van der Waals surface area (Å²) in [5.41, 5.74) is 0. The number of rotatable bonds is 0. The Bertz CT molecular complexity index is 131. The first-order chi connectivity index (χ1) is 4.80. The molecule has 0 spiro atoms. The van der Waals surface area contributed by atoms with Gasteiger partial charge in [0, 0.05) is 0 Å². The highest BCUT2D eigenvalue weighted by molar-refractivity contribution is 14.2. The Hall–Kier alpha value is 1.90. The van der Waals surface area contributed by atoms with Gasteiger partial charge in [-0.2, -0.15) is 0 Å².